The summed E-state index contributed by atoms with van der Waals surface area (Å²) in [7, 11) is -1.62. The molecule has 0 radical (unpaired) electrons. The van der Waals surface area contributed by atoms with Crippen LogP contribution in [0.15, 0.2) is 12.2 Å². The zero-order valence-electron chi connectivity index (χ0n) is 11.4. The van der Waals surface area contributed by atoms with Crippen LogP contribution in [0.2, 0.25) is 18.1 Å². The summed E-state index contributed by atoms with van der Waals surface area (Å²) in [4.78, 5) is 0. The van der Waals surface area contributed by atoms with Gasteiger partial charge in [0.25, 0.3) is 0 Å². The van der Waals surface area contributed by atoms with Crippen molar-refractivity contribution in [3.63, 3.8) is 0 Å². The van der Waals surface area contributed by atoms with Crippen LogP contribution < -0.4 is 0 Å². The predicted molar refractivity (Wildman–Crippen MR) is 71.3 cm³/mol. The lowest BCUT2D eigenvalue weighted by atomic mass is 10.2. The highest BCUT2D eigenvalue weighted by molar-refractivity contribution is 6.74. The van der Waals surface area contributed by atoms with Crippen LogP contribution in [0.4, 0.5) is 0 Å². The van der Waals surface area contributed by atoms with Crippen molar-refractivity contribution in [3.05, 3.63) is 12.2 Å². The van der Waals surface area contributed by atoms with E-state index < -0.39 is 8.32 Å². The predicted octanol–water partition coefficient (Wildman–Crippen LogP) is 3.74. The van der Waals surface area contributed by atoms with E-state index in [1.165, 1.54) is 0 Å². The Labute approximate surface area is 101 Å². The van der Waals surface area contributed by atoms with E-state index in [1.54, 1.807) is 0 Å². The summed E-state index contributed by atoms with van der Waals surface area (Å²) in [5.74, 6) is 0. The molecule has 0 amide bonds. The van der Waals surface area contributed by atoms with Gasteiger partial charge in [-0.3, -0.25) is 0 Å². The van der Waals surface area contributed by atoms with Crippen molar-refractivity contribution in [2.45, 2.75) is 57.8 Å². The molecule has 0 aliphatic carbocycles. The largest absolute Gasteiger partial charge is 0.414 e. The Morgan fingerprint density at radius 3 is 2.69 bits per heavy atom. The van der Waals surface area contributed by atoms with Gasteiger partial charge in [0.1, 0.15) is 0 Å². The minimum atomic E-state index is -1.62. The van der Waals surface area contributed by atoms with Crippen LogP contribution in [0.3, 0.4) is 0 Å². The molecule has 2 nitrogen and oxygen atoms in total. The fourth-order valence-electron chi connectivity index (χ4n) is 1.35. The topological polar surface area (TPSA) is 18.5 Å². The molecular weight excluding hydrogens is 216 g/mol. The Morgan fingerprint density at radius 1 is 1.38 bits per heavy atom. The van der Waals surface area contributed by atoms with E-state index in [9.17, 15) is 0 Å². The molecule has 16 heavy (non-hydrogen) atoms. The van der Waals surface area contributed by atoms with Gasteiger partial charge in [0.15, 0.2) is 8.32 Å². The number of allylic oxidation sites excluding steroid dienone is 1. The second kappa shape index (κ2) is 5.47. The summed E-state index contributed by atoms with van der Waals surface area (Å²) in [6.07, 6.45) is 6.80. The fraction of sp³-hybridized carbons (Fsp3) is 0.846. The molecule has 0 aromatic heterocycles. The maximum absolute atomic E-state index is 6.15. The van der Waals surface area contributed by atoms with Crippen LogP contribution in [0.25, 0.3) is 0 Å². The quantitative estimate of drug-likeness (QED) is 0.554. The molecule has 1 heterocycles. The monoisotopic (exact) mass is 242 g/mol. The summed E-state index contributed by atoms with van der Waals surface area (Å²) in [5.41, 5.74) is 0. The fourth-order valence-corrected chi connectivity index (χ4v) is 2.36. The SMILES string of the molecule is CC(C)(C)[Si](C)(C)OC[C@H]1C=CCCCO1. The maximum atomic E-state index is 6.15. The zero-order valence-corrected chi connectivity index (χ0v) is 12.4. The molecule has 0 aromatic carbocycles. The third-order valence-electron chi connectivity index (χ3n) is 3.61. The molecule has 94 valence electrons. The summed E-state index contributed by atoms with van der Waals surface area (Å²) in [6.45, 7) is 12.9. The van der Waals surface area contributed by atoms with Crippen LogP contribution in [0, 0.1) is 0 Å². The molecule has 0 unspecified atom stereocenters. The molecule has 0 aromatic rings. The lowest BCUT2D eigenvalue weighted by Crippen LogP contribution is -2.42. The summed E-state index contributed by atoms with van der Waals surface area (Å²) < 4.78 is 11.9. The molecule has 0 N–H and O–H groups in total. The highest BCUT2D eigenvalue weighted by Crippen LogP contribution is 2.36. The zero-order chi connectivity index (χ0) is 12.2. The lowest BCUT2D eigenvalue weighted by molar-refractivity contribution is 0.0488. The Hall–Kier alpha value is -0.123. The van der Waals surface area contributed by atoms with Gasteiger partial charge in [-0.25, -0.2) is 0 Å². The average molecular weight is 242 g/mol. The van der Waals surface area contributed by atoms with Gasteiger partial charge in [-0.05, 0) is 31.0 Å². The summed E-state index contributed by atoms with van der Waals surface area (Å²) in [5, 5.41) is 0.279. The highest BCUT2D eigenvalue weighted by atomic mass is 28.4. The van der Waals surface area contributed by atoms with Gasteiger partial charge in [-0.2, -0.15) is 0 Å². The normalized spacial score (nSPS) is 23.2. The second-order valence-corrected chi connectivity index (χ2v) is 10.9. The van der Waals surface area contributed by atoms with Crippen LogP contribution in [0.1, 0.15) is 33.6 Å². The molecule has 0 fully saturated rings. The Kier molecular flexibility index (Phi) is 4.77. The molecule has 1 aliphatic heterocycles. The average Bonchev–Trinajstić information content (AvgIpc) is 2.41. The van der Waals surface area contributed by atoms with E-state index in [-0.39, 0.29) is 11.1 Å². The Morgan fingerprint density at radius 2 is 2.06 bits per heavy atom. The number of hydrogen-bond acceptors (Lipinski definition) is 2. The van der Waals surface area contributed by atoms with E-state index in [2.05, 4.69) is 46.0 Å². The standard InChI is InChI=1S/C13H26O2Si/c1-13(2,3)16(4,5)15-11-12-9-7-6-8-10-14-12/h7,9,12H,6,8,10-11H2,1-5H3/t12-/m1/s1. The molecule has 0 spiro atoms. The summed E-state index contributed by atoms with van der Waals surface area (Å²) in [6, 6.07) is 0. The number of hydrogen-bond donors (Lipinski definition) is 0. The summed E-state index contributed by atoms with van der Waals surface area (Å²) >= 11 is 0. The minimum absolute atomic E-state index is 0.164. The maximum Gasteiger partial charge on any atom is 0.192 e. The Bertz CT molecular complexity index is 241. The number of ether oxygens (including phenoxy) is 1. The third kappa shape index (κ3) is 4.04. The molecule has 1 aliphatic rings. The van der Waals surface area contributed by atoms with Crippen molar-refractivity contribution in [3.8, 4) is 0 Å². The molecule has 1 atom stereocenters. The van der Waals surface area contributed by atoms with Gasteiger partial charge in [-0.1, -0.05) is 32.9 Å². The smallest absolute Gasteiger partial charge is 0.192 e. The first-order valence-electron chi connectivity index (χ1n) is 6.25. The van der Waals surface area contributed by atoms with E-state index in [0.29, 0.717) is 6.61 Å². The lowest BCUT2D eigenvalue weighted by Gasteiger charge is -2.36. The van der Waals surface area contributed by atoms with Crippen molar-refractivity contribution in [2.24, 2.45) is 0 Å². The molecule has 0 saturated carbocycles. The van der Waals surface area contributed by atoms with Gasteiger partial charge in [0.05, 0.1) is 12.7 Å². The van der Waals surface area contributed by atoms with Crippen LogP contribution in [-0.4, -0.2) is 27.6 Å². The van der Waals surface area contributed by atoms with Crippen molar-refractivity contribution >= 4 is 8.32 Å². The van der Waals surface area contributed by atoms with E-state index in [1.807, 2.05) is 0 Å². The number of rotatable bonds is 3. The van der Waals surface area contributed by atoms with Gasteiger partial charge >= 0.3 is 0 Å². The van der Waals surface area contributed by atoms with E-state index in [0.717, 1.165) is 19.4 Å². The molecule has 0 saturated heterocycles. The van der Waals surface area contributed by atoms with Crippen LogP contribution in [0.5, 0.6) is 0 Å². The van der Waals surface area contributed by atoms with Gasteiger partial charge in [-0.15, -0.1) is 0 Å². The molecule has 3 heteroatoms. The van der Waals surface area contributed by atoms with Gasteiger partial charge in [0.2, 0.25) is 0 Å². The second-order valence-electron chi connectivity index (χ2n) is 6.05. The van der Waals surface area contributed by atoms with E-state index in [4.69, 9.17) is 9.16 Å². The van der Waals surface area contributed by atoms with E-state index >= 15 is 0 Å². The molecular formula is C13H26O2Si. The van der Waals surface area contributed by atoms with Crippen LogP contribution in [-0.2, 0) is 9.16 Å². The van der Waals surface area contributed by atoms with Gasteiger partial charge in [0, 0.05) is 6.61 Å². The van der Waals surface area contributed by atoms with Crippen molar-refractivity contribution < 1.29 is 9.16 Å². The first-order valence-corrected chi connectivity index (χ1v) is 9.16. The van der Waals surface area contributed by atoms with Gasteiger partial charge < -0.3 is 9.16 Å². The molecule has 0 bridgehead atoms. The first-order chi connectivity index (χ1) is 7.33. The first kappa shape index (κ1) is 13.9. The minimum Gasteiger partial charge on any atom is -0.414 e. The highest BCUT2D eigenvalue weighted by Gasteiger charge is 2.37. The van der Waals surface area contributed by atoms with Crippen molar-refractivity contribution in [1.82, 2.24) is 0 Å². The Balaban J connectivity index is 2.44. The van der Waals surface area contributed by atoms with Crippen LogP contribution >= 0.6 is 0 Å². The third-order valence-corrected chi connectivity index (χ3v) is 8.11. The molecule has 1 rings (SSSR count). The van der Waals surface area contributed by atoms with Crippen molar-refractivity contribution in [2.75, 3.05) is 13.2 Å². The van der Waals surface area contributed by atoms with Crippen molar-refractivity contribution in [1.29, 1.82) is 0 Å².